The molecule has 1 fully saturated rings. The average Bonchev–Trinajstić information content (AvgIpc) is 3.26. The summed E-state index contributed by atoms with van der Waals surface area (Å²) in [5.74, 6) is -0.877. The number of nitrogens with two attached hydrogens (primary N) is 3. The number of imidazole rings is 1. The number of nitrogens with zero attached hydrogens (tertiary/aromatic N) is 4. The highest BCUT2D eigenvalue weighted by atomic mass is 16.6. The zero-order chi connectivity index (χ0) is 21.8. The van der Waals surface area contributed by atoms with Crippen molar-refractivity contribution in [3.63, 3.8) is 0 Å². The van der Waals surface area contributed by atoms with Crippen LogP contribution in [0.3, 0.4) is 0 Å². The third kappa shape index (κ3) is 4.66. The third-order valence-electron chi connectivity index (χ3n) is 5.24. The molecular formula is C17H28N8O5. The van der Waals surface area contributed by atoms with E-state index in [1.165, 1.54) is 17.2 Å². The number of aliphatic hydroxyl groups excluding tert-OH is 2. The Hall–Kier alpha value is -2.42. The first-order chi connectivity index (χ1) is 14.3. The minimum absolute atomic E-state index is 0.198. The Morgan fingerprint density at radius 2 is 2.03 bits per heavy atom. The molecule has 0 spiro atoms. The Morgan fingerprint density at radius 3 is 2.73 bits per heavy atom. The molecule has 1 saturated heterocycles. The van der Waals surface area contributed by atoms with Gasteiger partial charge in [-0.15, -0.1) is 0 Å². The number of hydrogen-bond donors (Lipinski definition) is 7. The highest BCUT2D eigenvalue weighted by Gasteiger charge is 2.45. The van der Waals surface area contributed by atoms with E-state index in [1.54, 1.807) is 0 Å². The molecule has 3 rings (SSSR count). The van der Waals surface area contributed by atoms with Gasteiger partial charge in [-0.25, -0.2) is 15.0 Å². The Balaban J connectivity index is 1.72. The van der Waals surface area contributed by atoms with Crippen molar-refractivity contribution in [3.8, 4) is 0 Å². The van der Waals surface area contributed by atoms with Gasteiger partial charge in [0.2, 0.25) is 0 Å². The van der Waals surface area contributed by atoms with Gasteiger partial charge in [-0.3, -0.25) is 9.36 Å². The number of aliphatic hydroxyl groups is 2. The Bertz CT molecular complexity index is 864. The van der Waals surface area contributed by atoms with E-state index >= 15 is 0 Å². The van der Waals surface area contributed by atoms with E-state index in [0.29, 0.717) is 37.1 Å². The van der Waals surface area contributed by atoms with E-state index < -0.39 is 36.6 Å². The lowest BCUT2D eigenvalue weighted by atomic mass is 9.98. The van der Waals surface area contributed by atoms with E-state index in [0.717, 1.165) is 0 Å². The van der Waals surface area contributed by atoms with Gasteiger partial charge >= 0.3 is 5.97 Å². The first-order valence-electron chi connectivity index (χ1n) is 9.70. The summed E-state index contributed by atoms with van der Waals surface area (Å²) >= 11 is 0. The van der Waals surface area contributed by atoms with Crippen molar-refractivity contribution in [2.24, 2.45) is 11.5 Å². The molecule has 0 aromatic carbocycles. The molecule has 6 atom stereocenters. The fourth-order valence-electron chi connectivity index (χ4n) is 3.59. The van der Waals surface area contributed by atoms with Crippen LogP contribution in [-0.4, -0.2) is 84.3 Å². The van der Waals surface area contributed by atoms with Gasteiger partial charge in [0.15, 0.2) is 17.7 Å². The van der Waals surface area contributed by atoms with Gasteiger partial charge in [0, 0.05) is 19.1 Å². The SMILES string of the molecule is NCCN[C@@H](CC[C@H](N)C(=O)O)C[C@H]1O[C@@H](n2cnc3c(N)ncnc32)C(O)[C@H]1O. The number of rotatable bonds is 10. The van der Waals surface area contributed by atoms with E-state index in [9.17, 15) is 15.0 Å². The number of aromatic nitrogens is 4. The van der Waals surface area contributed by atoms with E-state index in [-0.39, 0.29) is 18.3 Å². The van der Waals surface area contributed by atoms with Crippen molar-refractivity contribution in [1.82, 2.24) is 24.8 Å². The van der Waals surface area contributed by atoms with Gasteiger partial charge in [-0.05, 0) is 19.3 Å². The minimum atomic E-state index is -1.22. The monoisotopic (exact) mass is 424 g/mol. The van der Waals surface area contributed by atoms with Crippen LogP contribution in [0.5, 0.6) is 0 Å². The molecule has 0 radical (unpaired) electrons. The Kier molecular flexibility index (Phi) is 7.12. The van der Waals surface area contributed by atoms with Gasteiger partial charge < -0.3 is 42.6 Å². The second-order valence-electron chi connectivity index (χ2n) is 7.33. The largest absolute Gasteiger partial charge is 0.480 e. The highest BCUT2D eigenvalue weighted by Crippen LogP contribution is 2.34. The van der Waals surface area contributed by atoms with Crippen LogP contribution in [-0.2, 0) is 9.53 Å². The van der Waals surface area contributed by atoms with Crippen molar-refractivity contribution >= 4 is 23.0 Å². The number of carboxylic acid groups (broad SMARTS) is 1. The molecule has 10 N–H and O–H groups in total. The Morgan fingerprint density at radius 1 is 1.27 bits per heavy atom. The second kappa shape index (κ2) is 9.59. The van der Waals surface area contributed by atoms with Crippen LogP contribution in [0.1, 0.15) is 25.5 Å². The van der Waals surface area contributed by atoms with Gasteiger partial charge in [0.25, 0.3) is 0 Å². The van der Waals surface area contributed by atoms with Crippen LogP contribution in [0.2, 0.25) is 0 Å². The summed E-state index contributed by atoms with van der Waals surface area (Å²) in [6.07, 6.45) is -0.295. The second-order valence-corrected chi connectivity index (χ2v) is 7.33. The summed E-state index contributed by atoms with van der Waals surface area (Å²) in [5, 5.41) is 33.3. The molecule has 13 heteroatoms. The summed E-state index contributed by atoms with van der Waals surface area (Å²) in [4.78, 5) is 23.2. The van der Waals surface area contributed by atoms with Gasteiger partial charge in [-0.1, -0.05) is 0 Å². The molecule has 30 heavy (non-hydrogen) atoms. The zero-order valence-corrected chi connectivity index (χ0v) is 16.3. The third-order valence-corrected chi connectivity index (χ3v) is 5.24. The van der Waals surface area contributed by atoms with E-state index in [4.69, 9.17) is 27.0 Å². The van der Waals surface area contributed by atoms with Crippen LogP contribution in [0, 0.1) is 0 Å². The summed E-state index contributed by atoms with van der Waals surface area (Å²) < 4.78 is 7.45. The number of aliphatic carboxylic acids is 1. The Labute approximate surface area is 172 Å². The van der Waals surface area contributed by atoms with Crippen molar-refractivity contribution in [3.05, 3.63) is 12.7 Å². The fraction of sp³-hybridized carbons (Fsp3) is 0.647. The van der Waals surface area contributed by atoms with Crippen LogP contribution in [0.15, 0.2) is 12.7 Å². The summed E-state index contributed by atoms with van der Waals surface area (Å²) in [6, 6.07) is -1.19. The lowest BCUT2D eigenvalue weighted by Crippen LogP contribution is -2.41. The molecule has 13 nitrogen and oxygen atoms in total. The molecule has 1 aliphatic heterocycles. The standard InChI is InChI=1S/C17H28N8O5/c18-3-4-21-8(1-2-9(19)17(28)29)5-10-12(26)13(27)16(30-10)25-7-24-11-14(20)22-6-23-15(11)25/h6-10,12-13,16,21,26-27H,1-5,18-19H2,(H,28,29)(H2,20,22,23)/t8-,9-,10+,12-,13?,16+/m0/s1. The van der Waals surface area contributed by atoms with Gasteiger partial charge in [0.1, 0.15) is 30.1 Å². The van der Waals surface area contributed by atoms with Crippen LogP contribution < -0.4 is 22.5 Å². The number of ether oxygens (including phenoxy) is 1. The summed E-state index contributed by atoms with van der Waals surface area (Å²) in [7, 11) is 0. The molecule has 0 bridgehead atoms. The van der Waals surface area contributed by atoms with E-state index in [2.05, 4.69) is 20.3 Å². The number of hydrogen-bond acceptors (Lipinski definition) is 11. The van der Waals surface area contributed by atoms with Gasteiger partial charge in [0.05, 0.1) is 12.4 Å². The maximum atomic E-state index is 11.0. The quantitative estimate of drug-likeness (QED) is 0.211. The first kappa shape index (κ1) is 22.3. The minimum Gasteiger partial charge on any atom is -0.480 e. The fourth-order valence-corrected chi connectivity index (χ4v) is 3.59. The lowest BCUT2D eigenvalue weighted by Gasteiger charge is -2.24. The topological polar surface area (TPSA) is 221 Å². The molecule has 3 heterocycles. The molecule has 2 aromatic heterocycles. The number of carbonyl (C=O) groups is 1. The number of carboxylic acids is 1. The molecule has 0 saturated carbocycles. The predicted molar refractivity (Wildman–Crippen MR) is 106 cm³/mol. The van der Waals surface area contributed by atoms with Crippen LogP contribution in [0.25, 0.3) is 11.2 Å². The first-order valence-corrected chi connectivity index (χ1v) is 9.70. The number of fused-ring (bicyclic) bond motifs is 1. The normalized spacial score (nSPS) is 26.1. The van der Waals surface area contributed by atoms with Crippen molar-refractivity contribution < 1.29 is 24.9 Å². The molecule has 0 aliphatic carbocycles. The molecule has 2 aromatic rings. The van der Waals surface area contributed by atoms with E-state index in [1.807, 2.05) is 0 Å². The van der Waals surface area contributed by atoms with Crippen LogP contribution >= 0.6 is 0 Å². The smallest absolute Gasteiger partial charge is 0.320 e. The molecule has 1 unspecified atom stereocenters. The maximum Gasteiger partial charge on any atom is 0.320 e. The number of anilines is 1. The van der Waals surface area contributed by atoms with Gasteiger partial charge in [-0.2, -0.15) is 0 Å². The molecule has 166 valence electrons. The van der Waals surface area contributed by atoms with Crippen molar-refractivity contribution in [2.45, 2.75) is 55.9 Å². The zero-order valence-electron chi connectivity index (χ0n) is 16.3. The number of nitrogens with one attached hydrogen (secondary N) is 1. The number of nitrogen functional groups attached to an aromatic ring is 1. The highest BCUT2D eigenvalue weighted by molar-refractivity contribution is 5.81. The van der Waals surface area contributed by atoms with Crippen molar-refractivity contribution in [1.29, 1.82) is 0 Å². The molecule has 1 aliphatic rings. The predicted octanol–water partition coefficient (Wildman–Crippen LogP) is -2.47. The summed E-state index contributed by atoms with van der Waals surface area (Å²) in [5.41, 5.74) is 17.7. The lowest BCUT2D eigenvalue weighted by molar-refractivity contribution is -0.138. The average molecular weight is 424 g/mol. The van der Waals surface area contributed by atoms with Crippen LogP contribution in [0.4, 0.5) is 5.82 Å². The molecular weight excluding hydrogens is 396 g/mol. The summed E-state index contributed by atoms with van der Waals surface area (Å²) in [6.45, 7) is 0.896. The molecule has 0 amide bonds. The maximum absolute atomic E-state index is 11.0. The van der Waals surface area contributed by atoms with Crippen molar-refractivity contribution in [2.75, 3.05) is 18.8 Å².